The largest absolute Gasteiger partial charge is 0.457 e. The van der Waals surface area contributed by atoms with Gasteiger partial charge in [-0.05, 0) is 68.0 Å². The fourth-order valence-corrected chi connectivity index (χ4v) is 3.42. The molecule has 25 heavy (non-hydrogen) atoms. The van der Waals surface area contributed by atoms with E-state index in [4.69, 9.17) is 9.88 Å². The zero-order chi connectivity index (χ0) is 18.4. The minimum atomic E-state index is -1.33. The Morgan fingerprint density at radius 2 is 1.68 bits per heavy atom. The van der Waals surface area contributed by atoms with Crippen molar-refractivity contribution in [3.63, 3.8) is 0 Å². The predicted octanol–water partition coefficient (Wildman–Crippen LogP) is 3.94. The van der Waals surface area contributed by atoms with Gasteiger partial charge in [-0.3, -0.25) is 5.14 Å². The van der Waals surface area contributed by atoms with Crippen LogP contribution in [0.1, 0.15) is 38.3 Å². The van der Waals surface area contributed by atoms with E-state index in [9.17, 15) is 9.32 Å². The summed E-state index contributed by atoms with van der Waals surface area (Å²) in [6.45, 7) is 6.01. The van der Waals surface area contributed by atoms with Gasteiger partial charge in [0, 0.05) is 0 Å². The van der Waals surface area contributed by atoms with E-state index in [0.29, 0.717) is 11.7 Å². The van der Waals surface area contributed by atoms with Crippen LogP contribution in [0.5, 0.6) is 11.5 Å². The van der Waals surface area contributed by atoms with Crippen molar-refractivity contribution in [2.75, 3.05) is 0 Å². The van der Waals surface area contributed by atoms with Gasteiger partial charge in [0.05, 0.1) is 22.3 Å². The highest BCUT2D eigenvalue weighted by atomic mass is 32.2. The normalized spacial score (nSPS) is 14.1. The zero-order valence-corrected chi connectivity index (χ0v) is 15.9. The maximum absolute atomic E-state index is 11.6. The number of aliphatic hydroxyl groups is 1. The van der Waals surface area contributed by atoms with Crippen LogP contribution in [0.4, 0.5) is 0 Å². The zero-order valence-electron chi connectivity index (χ0n) is 15.1. The van der Waals surface area contributed by atoms with Crippen LogP contribution in [0.25, 0.3) is 0 Å². The highest BCUT2D eigenvalue weighted by Crippen LogP contribution is 2.27. The summed E-state index contributed by atoms with van der Waals surface area (Å²) < 4.78 is 17.1. The van der Waals surface area contributed by atoms with Crippen LogP contribution in [-0.4, -0.2) is 14.1 Å². The lowest BCUT2D eigenvalue weighted by atomic mass is 9.92. The molecule has 0 radical (unpaired) electrons. The molecule has 0 saturated heterocycles. The number of hydrogen-bond donors (Lipinski definition) is 2. The lowest BCUT2D eigenvalue weighted by Gasteiger charge is -2.25. The summed E-state index contributed by atoms with van der Waals surface area (Å²) in [7, 11) is -1.33. The molecule has 0 amide bonds. The molecule has 5 heteroatoms. The van der Waals surface area contributed by atoms with Gasteiger partial charge < -0.3 is 9.84 Å². The second-order valence-corrected chi connectivity index (χ2v) is 8.83. The Morgan fingerprint density at radius 3 is 2.24 bits per heavy atom. The van der Waals surface area contributed by atoms with Gasteiger partial charge in [-0.2, -0.15) is 0 Å². The van der Waals surface area contributed by atoms with Crippen LogP contribution >= 0.6 is 0 Å². The Morgan fingerprint density at radius 1 is 1.12 bits per heavy atom. The predicted molar refractivity (Wildman–Crippen MR) is 103 cm³/mol. The van der Waals surface area contributed by atoms with Crippen molar-refractivity contribution in [2.24, 2.45) is 11.1 Å². The Kier molecular flexibility index (Phi) is 6.76. The molecule has 0 aromatic heterocycles. The molecule has 0 bridgehead atoms. The third-order valence-electron chi connectivity index (χ3n) is 4.18. The molecular weight excluding hydrogens is 334 g/mol. The molecule has 0 aliphatic rings. The van der Waals surface area contributed by atoms with Crippen molar-refractivity contribution in [1.29, 1.82) is 0 Å². The smallest absolute Gasteiger partial charge is 0.127 e. The first-order valence-electron chi connectivity index (χ1n) is 8.43. The van der Waals surface area contributed by atoms with Gasteiger partial charge in [-0.1, -0.05) is 31.2 Å². The summed E-state index contributed by atoms with van der Waals surface area (Å²) in [5, 5.41) is 14.8. The topological polar surface area (TPSA) is 72.6 Å². The van der Waals surface area contributed by atoms with Gasteiger partial charge >= 0.3 is 0 Å². The van der Waals surface area contributed by atoms with Gasteiger partial charge in [-0.25, -0.2) is 4.21 Å². The first-order valence-corrected chi connectivity index (χ1v) is 9.64. The van der Waals surface area contributed by atoms with E-state index in [0.717, 1.165) is 24.2 Å². The van der Waals surface area contributed by atoms with Crippen molar-refractivity contribution in [3.8, 4) is 11.5 Å². The second kappa shape index (κ2) is 8.61. The lowest BCUT2D eigenvalue weighted by Crippen LogP contribution is -2.34. The third-order valence-corrected chi connectivity index (χ3v) is 5.44. The van der Waals surface area contributed by atoms with Crippen molar-refractivity contribution in [1.82, 2.24) is 0 Å². The Labute approximate surface area is 152 Å². The third kappa shape index (κ3) is 5.96. The van der Waals surface area contributed by atoms with Gasteiger partial charge in [-0.15, -0.1) is 0 Å². The van der Waals surface area contributed by atoms with Crippen LogP contribution < -0.4 is 9.88 Å². The van der Waals surface area contributed by atoms with E-state index in [1.165, 1.54) is 5.56 Å². The van der Waals surface area contributed by atoms with E-state index in [2.05, 4.69) is 13.0 Å². The molecule has 0 spiro atoms. The number of benzene rings is 2. The quantitative estimate of drug-likeness (QED) is 0.748. The first kappa shape index (κ1) is 19.6. The summed E-state index contributed by atoms with van der Waals surface area (Å²) in [6.07, 6.45) is 1.66. The molecule has 0 aliphatic heterocycles. The molecule has 0 saturated carbocycles. The minimum Gasteiger partial charge on any atom is -0.457 e. The molecule has 2 aromatic rings. The van der Waals surface area contributed by atoms with E-state index in [-0.39, 0.29) is 6.61 Å². The van der Waals surface area contributed by atoms with E-state index in [1.807, 2.05) is 56.3 Å². The van der Waals surface area contributed by atoms with E-state index >= 15 is 0 Å². The lowest BCUT2D eigenvalue weighted by molar-refractivity contribution is 0.281. The average Bonchev–Trinajstić information content (AvgIpc) is 2.54. The van der Waals surface area contributed by atoms with Crippen LogP contribution in [0.2, 0.25) is 0 Å². The second-order valence-electron chi connectivity index (χ2n) is 7.13. The maximum atomic E-state index is 11.6. The minimum absolute atomic E-state index is 0.00689. The van der Waals surface area contributed by atoms with Crippen molar-refractivity contribution in [3.05, 3.63) is 59.7 Å². The monoisotopic (exact) mass is 361 g/mol. The molecule has 0 heterocycles. The van der Waals surface area contributed by atoms with Crippen molar-refractivity contribution >= 4 is 11.0 Å². The Bertz CT molecular complexity index is 730. The molecule has 2 rings (SSSR count). The molecule has 0 fully saturated rings. The number of aliphatic hydroxyl groups excluding tert-OH is 1. The first-order chi connectivity index (χ1) is 11.8. The van der Waals surface area contributed by atoms with Crippen LogP contribution in [0.3, 0.4) is 0 Å². The average molecular weight is 362 g/mol. The number of nitrogens with two attached hydrogens (primary N) is 1. The summed E-state index contributed by atoms with van der Waals surface area (Å²) in [5.41, 5.74) is 1.99. The van der Waals surface area contributed by atoms with E-state index < -0.39 is 15.7 Å². The van der Waals surface area contributed by atoms with E-state index in [1.54, 1.807) is 0 Å². The fraction of sp³-hybridized carbons (Fsp3) is 0.400. The van der Waals surface area contributed by atoms with Crippen molar-refractivity contribution in [2.45, 2.75) is 45.0 Å². The molecule has 3 N–H and O–H groups in total. The summed E-state index contributed by atoms with van der Waals surface area (Å²) in [4.78, 5) is 0. The fourth-order valence-electron chi connectivity index (χ4n) is 2.98. The van der Waals surface area contributed by atoms with Crippen LogP contribution in [0, 0.1) is 5.92 Å². The summed E-state index contributed by atoms with van der Waals surface area (Å²) in [5.74, 6) is 1.83. The van der Waals surface area contributed by atoms with Gasteiger partial charge in [0.2, 0.25) is 0 Å². The maximum Gasteiger partial charge on any atom is 0.127 e. The van der Waals surface area contributed by atoms with Gasteiger partial charge in [0.15, 0.2) is 0 Å². The molecule has 4 nitrogen and oxygen atoms in total. The SMILES string of the molecule is C[C@@H](Cc1cccc(Oc2cccc(CO)c2)c1)CC(C)(C)S(N)=O. The van der Waals surface area contributed by atoms with Gasteiger partial charge in [0.25, 0.3) is 0 Å². The Hall–Kier alpha value is -1.69. The van der Waals surface area contributed by atoms with Crippen LogP contribution in [-0.2, 0) is 24.0 Å². The number of ether oxygens (including phenoxy) is 1. The summed E-state index contributed by atoms with van der Waals surface area (Å²) >= 11 is 0. The molecule has 2 aromatic carbocycles. The molecule has 1 unspecified atom stereocenters. The number of hydrogen-bond acceptors (Lipinski definition) is 3. The summed E-state index contributed by atoms with van der Waals surface area (Å²) in [6, 6.07) is 15.4. The molecule has 136 valence electrons. The molecular formula is C20H27NO3S. The molecule has 0 aliphatic carbocycles. The standard InChI is InChI=1S/C20H27NO3S/c1-15(13-20(2,3)25(21)23)10-16-6-4-8-18(11-16)24-19-9-5-7-17(12-19)14-22/h4-9,11-12,15,22H,10,13-14,21H2,1-3H3/t15-,25?/m0/s1. The highest BCUT2D eigenvalue weighted by Gasteiger charge is 2.26. The van der Waals surface area contributed by atoms with Gasteiger partial charge in [0.1, 0.15) is 11.5 Å². The molecule has 2 atom stereocenters. The number of rotatable bonds is 8. The Balaban J connectivity index is 2.04. The van der Waals surface area contributed by atoms with Crippen molar-refractivity contribution < 1.29 is 14.1 Å². The van der Waals surface area contributed by atoms with Crippen LogP contribution in [0.15, 0.2) is 48.5 Å². The highest BCUT2D eigenvalue weighted by molar-refractivity contribution is 7.84.